The minimum Gasteiger partial charge on any atom is -0.463 e. The van der Waals surface area contributed by atoms with Crippen LogP contribution in [0.1, 0.15) is 16.1 Å². The molecule has 33 heavy (non-hydrogen) atoms. The highest BCUT2D eigenvalue weighted by Gasteiger charge is 2.20. The maximum atomic E-state index is 13.3. The molecule has 0 saturated carbocycles. The summed E-state index contributed by atoms with van der Waals surface area (Å²) < 4.78 is 9.18. The Hall–Kier alpha value is -4.24. The van der Waals surface area contributed by atoms with Crippen molar-refractivity contribution in [1.82, 2.24) is 24.1 Å². The first kappa shape index (κ1) is 19.4. The molecule has 0 fully saturated rings. The van der Waals surface area contributed by atoms with E-state index >= 15 is 0 Å². The van der Waals surface area contributed by atoms with Crippen molar-refractivity contribution in [2.75, 3.05) is 5.32 Å². The van der Waals surface area contributed by atoms with Crippen LogP contribution in [-0.2, 0) is 7.05 Å². The SMILES string of the molecule is Cc1nn(C)c2nc(-c3ccco3)cc(C(=O)Nc3ccc(-c4cn5ccsc5n4)cc3)c12. The van der Waals surface area contributed by atoms with Crippen LogP contribution >= 0.6 is 11.3 Å². The number of carbonyl (C=O) groups excluding carboxylic acids is 1. The van der Waals surface area contributed by atoms with E-state index in [9.17, 15) is 4.79 Å². The predicted octanol–water partition coefficient (Wildman–Crippen LogP) is 5.17. The second kappa shape index (κ2) is 7.42. The van der Waals surface area contributed by atoms with Crippen LogP contribution in [0.3, 0.4) is 0 Å². The largest absolute Gasteiger partial charge is 0.463 e. The van der Waals surface area contributed by atoms with Gasteiger partial charge in [0.2, 0.25) is 0 Å². The van der Waals surface area contributed by atoms with Gasteiger partial charge in [0.05, 0.1) is 28.6 Å². The molecule has 1 amide bonds. The number of hydrogen-bond acceptors (Lipinski definition) is 6. The van der Waals surface area contributed by atoms with E-state index in [1.54, 1.807) is 34.4 Å². The van der Waals surface area contributed by atoms with Crippen LogP contribution in [0.15, 0.2) is 70.9 Å². The number of benzene rings is 1. The third-order valence-corrected chi connectivity index (χ3v) is 6.29. The molecule has 0 atom stereocenters. The van der Waals surface area contributed by atoms with E-state index in [0.29, 0.717) is 28.4 Å². The Labute approximate surface area is 192 Å². The average molecular weight is 455 g/mol. The minimum absolute atomic E-state index is 0.235. The van der Waals surface area contributed by atoms with Gasteiger partial charge in [-0.15, -0.1) is 11.3 Å². The fourth-order valence-corrected chi connectivity index (χ4v) is 4.66. The van der Waals surface area contributed by atoms with Crippen LogP contribution in [-0.4, -0.2) is 30.1 Å². The van der Waals surface area contributed by atoms with Crippen LogP contribution in [0.2, 0.25) is 0 Å². The Balaban J connectivity index is 1.34. The van der Waals surface area contributed by atoms with Crippen LogP contribution in [0.25, 0.3) is 38.7 Å². The Morgan fingerprint density at radius 3 is 2.73 bits per heavy atom. The predicted molar refractivity (Wildman–Crippen MR) is 127 cm³/mol. The molecule has 0 radical (unpaired) electrons. The molecule has 1 N–H and O–H groups in total. The van der Waals surface area contributed by atoms with Crippen molar-refractivity contribution < 1.29 is 9.21 Å². The zero-order valence-corrected chi connectivity index (χ0v) is 18.6. The molecule has 0 aliphatic heterocycles. The Morgan fingerprint density at radius 1 is 1.12 bits per heavy atom. The van der Waals surface area contributed by atoms with E-state index < -0.39 is 0 Å². The zero-order valence-electron chi connectivity index (χ0n) is 17.8. The number of nitrogens with one attached hydrogen (secondary N) is 1. The molecular formula is C24H18N6O2S. The van der Waals surface area contributed by atoms with Gasteiger partial charge in [0, 0.05) is 36.1 Å². The summed E-state index contributed by atoms with van der Waals surface area (Å²) in [5, 5.41) is 10.2. The summed E-state index contributed by atoms with van der Waals surface area (Å²) in [6.45, 7) is 1.87. The molecule has 0 spiro atoms. The first-order valence-corrected chi connectivity index (χ1v) is 11.2. The molecule has 6 aromatic rings. The smallest absolute Gasteiger partial charge is 0.256 e. The summed E-state index contributed by atoms with van der Waals surface area (Å²) >= 11 is 1.59. The molecule has 0 bridgehead atoms. The van der Waals surface area contributed by atoms with Gasteiger partial charge in [0.15, 0.2) is 16.4 Å². The van der Waals surface area contributed by atoms with Gasteiger partial charge < -0.3 is 9.73 Å². The highest BCUT2D eigenvalue weighted by atomic mass is 32.1. The summed E-state index contributed by atoms with van der Waals surface area (Å²) in [7, 11) is 1.81. The van der Waals surface area contributed by atoms with E-state index in [2.05, 4.69) is 20.4 Å². The van der Waals surface area contributed by atoms with Crippen molar-refractivity contribution in [1.29, 1.82) is 0 Å². The van der Waals surface area contributed by atoms with Gasteiger partial charge in [0.1, 0.15) is 5.69 Å². The van der Waals surface area contributed by atoms with Gasteiger partial charge in [-0.2, -0.15) is 5.10 Å². The number of thiazole rings is 1. The van der Waals surface area contributed by atoms with Crippen molar-refractivity contribution in [2.45, 2.75) is 6.92 Å². The molecule has 5 heterocycles. The molecule has 5 aromatic heterocycles. The van der Waals surface area contributed by atoms with Crippen molar-refractivity contribution in [3.05, 3.63) is 77.8 Å². The highest BCUT2D eigenvalue weighted by molar-refractivity contribution is 7.15. The number of furan rings is 1. The standard InChI is InChI=1S/C24H18N6O2S/c1-14-21-17(12-18(20-4-3-10-32-20)26-22(21)29(2)28-14)23(31)25-16-7-5-15(6-8-16)19-13-30-9-11-33-24(30)27-19/h3-13H,1-2H3,(H,25,31). The lowest BCUT2D eigenvalue weighted by Crippen LogP contribution is -2.13. The monoisotopic (exact) mass is 454 g/mol. The maximum Gasteiger partial charge on any atom is 0.256 e. The van der Waals surface area contributed by atoms with E-state index in [4.69, 9.17) is 4.42 Å². The molecule has 6 rings (SSSR count). The third kappa shape index (κ3) is 3.30. The lowest BCUT2D eigenvalue weighted by atomic mass is 10.1. The van der Waals surface area contributed by atoms with E-state index in [1.807, 2.05) is 66.5 Å². The Kier molecular flexibility index (Phi) is 4.37. The second-order valence-electron chi connectivity index (χ2n) is 7.69. The van der Waals surface area contributed by atoms with Crippen molar-refractivity contribution >= 4 is 38.9 Å². The van der Waals surface area contributed by atoms with Gasteiger partial charge in [0.25, 0.3) is 5.91 Å². The lowest BCUT2D eigenvalue weighted by molar-refractivity contribution is 0.102. The number of imidazole rings is 1. The van der Waals surface area contributed by atoms with Gasteiger partial charge >= 0.3 is 0 Å². The summed E-state index contributed by atoms with van der Waals surface area (Å²) in [6.07, 6.45) is 5.56. The Bertz CT molecular complexity index is 1590. The van der Waals surface area contributed by atoms with Gasteiger partial charge in [-0.1, -0.05) is 12.1 Å². The number of carbonyl (C=O) groups is 1. The molecule has 0 saturated heterocycles. The Morgan fingerprint density at radius 2 is 1.97 bits per heavy atom. The first-order valence-electron chi connectivity index (χ1n) is 10.3. The molecule has 8 nitrogen and oxygen atoms in total. The molecule has 0 unspecified atom stereocenters. The summed E-state index contributed by atoms with van der Waals surface area (Å²) in [6, 6.07) is 13.0. The average Bonchev–Trinajstić information content (AvgIpc) is 3.59. The zero-order chi connectivity index (χ0) is 22.5. The van der Waals surface area contributed by atoms with E-state index in [1.165, 1.54) is 0 Å². The summed E-state index contributed by atoms with van der Waals surface area (Å²) in [4.78, 5) is 23.6. The van der Waals surface area contributed by atoms with Gasteiger partial charge in [-0.05, 0) is 37.3 Å². The fourth-order valence-electron chi connectivity index (χ4n) is 3.96. The van der Waals surface area contributed by atoms with Crippen LogP contribution in [0, 0.1) is 6.92 Å². The van der Waals surface area contributed by atoms with E-state index in [-0.39, 0.29) is 5.91 Å². The molecule has 9 heteroatoms. The lowest BCUT2D eigenvalue weighted by Gasteiger charge is -2.09. The van der Waals surface area contributed by atoms with Gasteiger partial charge in [-0.25, -0.2) is 9.97 Å². The van der Waals surface area contributed by atoms with Crippen LogP contribution < -0.4 is 5.32 Å². The number of anilines is 1. The minimum atomic E-state index is -0.235. The maximum absolute atomic E-state index is 13.3. The first-order chi connectivity index (χ1) is 16.1. The number of aryl methyl sites for hydroxylation is 2. The van der Waals surface area contributed by atoms with Crippen molar-refractivity contribution in [2.24, 2.45) is 7.05 Å². The molecule has 162 valence electrons. The molecule has 0 aliphatic carbocycles. The number of amides is 1. The number of fused-ring (bicyclic) bond motifs is 2. The third-order valence-electron chi connectivity index (χ3n) is 5.52. The normalized spacial score (nSPS) is 11.5. The van der Waals surface area contributed by atoms with Crippen molar-refractivity contribution in [3.8, 4) is 22.7 Å². The topological polar surface area (TPSA) is 90.2 Å². The highest BCUT2D eigenvalue weighted by Crippen LogP contribution is 2.28. The van der Waals surface area contributed by atoms with Gasteiger partial charge in [-0.3, -0.25) is 13.9 Å². The molecule has 0 aliphatic rings. The van der Waals surface area contributed by atoms with Crippen molar-refractivity contribution in [3.63, 3.8) is 0 Å². The summed E-state index contributed by atoms with van der Waals surface area (Å²) in [5.74, 6) is 0.357. The number of hydrogen-bond donors (Lipinski definition) is 1. The van der Waals surface area contributed by atoms with Crippen LogP contribution in [0.4, 0.5) is 5.69 Å². The number of rotatable bonds is 4. The molecule has 1 aromatic carbocycles. The summed E-state index contributed by atoms with van der Waals surface area (Å²) in [5.41, 5.74) is 5.01. The quantitative estimate of drug-likeness (QED) is 0.397. The fraction of sp³-hybridized carbons (Fsp3) is 0.0833. The number of nitrogens with zero attached hydrogens (tertiary/aromatic N) is 5. The number of aromatic nitrogens is 5. The second-order valence-corrected chi connectivity index (χ2v) is 8.56. The van der Waals surface area contributed by atoms with Crippen LogP contribution in [0.5, 0.6) is 0 Å². The number of pyridine rings is 1. The van der Waals surface area contributed by atoms with E-state index in [0.717, 1.165) is 27.3 Å². The molecular weight excluding hydrogens is 436 g/mol.